The largest absolute Gasteiger partial charge is 0.352 e. The number of nitrogens with one attached hydrogen (secondary N) is 2. The van der Waals surface area contributed by atoms with E-state index in [1.165, 1.54) is 19.3 Å². The first-order chi connectivity index (χ1) is 8.77. The maximum atomic E-state index is 12.2. The van der Waals surface area contributed by atoms with E-state index in [9.17, 15) is 9.59 Å². The van der Waals surface area contributed by atoms with E-state index >= 15 is 0 Å². The highest BCUT2D eigenvalue weighted by Gasteiger charge is 2.44. The smallest absolute Gasteiger partial charge is 0.243 e. The summed E-state index contributed by atoms with van der Waals surface area (Å²) < 4.78 is 0. The lowest BCUT2D eigenvalue weighted by Gasteiger charge is -2.47. The molecule has 3 aliphatic rings. The Morgan fingerprint density at radius 2 is 1.83 bits per heavy atom. The molecule has 0 aromatic rings. The first-order valence-corrected chi connectivity index (χ1v) is 7.07. The van der Waals surface area contributed by atoms with Gasteiger partial charge in [0.1, 0.15) is 6.04 Å². The van der Waals surface area contributed by atoms with Crippen LogP contribution in [0.25, 0.3) is 0 Å². The molecule has 0 spiro atoms. The zero-order valence-electron chi connectivity index (χ0n) is 10.7. The predicted octanol–water partition coefficient (Wildman–Crippen LogP) is -0.134. The summed E-state index contributed by atoms with van der Waals surface area (Å²) in [6, 6.07) is -0.0606. The molecule has 2 aliphatic heterocycles. The number of hydrogen-bond acceptors (Lipinski definition) is 3. The van der Waals surface area contributed by atoms with Gasteiger partial charge in [-0.25, -0.2) is 0 Å². The molecule has 100 valence electrons. The zero-order chi connectivity index (χ0) is 12.5. The van der Waals surface area contributed by atoms with E-state index in [0.29, 0.717) is 19.0 Å². The minimum atomic E-state index is -0.210. The first-order valence-electron chi connectivity index (χ1n) is 7.07. The lowest BCUT2D eigenvalue weighted by molar-refractivity contribution is -0.151. The molecule has 2 atom stereocenters. The Bertz CT molecular complexity index is 352. The van der Waals surface area contributed by atoms with Crippen LogP contribution < -0.4 is 10.6 Å². The third-order valence-corrected chi connectivity index (χ3v) is 4.51. The average molecular weight is 251 g/mol. The molecule has 2 N–H and O–H groups in total. The molecule has 1 saturated carbocycles. The van der Waals surface area contributed by atoms with Gasteiger partial charge in [0, 0.05) is 13.1 Å². The van der Waals surface area contributed by atoms with E-state index < -0.39 is 0 Å². The quantitative estimate of drug-likeness (QED) is 0.682. The summed E-state index contributed by atoms with van der Waals surface area (Å²) in [5.74, 6) is 0.522. The Hall–Kier alpha value is -1.10. The van der Waals surface area contributed by atoms with Gasteiger partial charge in [0.05, 0.1) is 12.6 Å². The van der Waals surface area contributed by atoms with Crippen LogP contribution in [0.5, 0.6) is 0 Å². The Kier molecular flexibility index (Phi) is 3.24. The van der Waals surface area contributed by atoms with Gasteiger partial charge >= 0.3 is 0 Å². The molecule has 0 aromatic heterocycles. The highest BCUT2D eigenvalue weighted by atomic mass is 16.2. The van der Waals surface area contributed by atoms with E-state index in [-0.39, 0.29) is 23.9 Å². The van der Waals surface area contributed by atoms with E-state index in [1.54, 1.807) is 0 Å². The van der Waals surface area contributed by atoms with Gasteiger partial charge in [0.15, 0.2) is 0 Å². The molecule has 0 bridgehead atoms. The standard InChI is InChI=1S/C13H21N3O2/c17-11-8-14-6-10-7-15-13(18)12(16(10)11)9-4-2-1-3-5-9/h9-10,12,14H,1-8H2,(H,15,18). The molecule has 2 amide bonds. The van der Waals surface area contributed by atoms with Crippen LogP contribution in [-0.2, 0) is 9.59 Å². The summed E-state index contributed by atoms with van der Waals surface area (Å²) in [7, 11) is 0. The lowest BCUT2D eigenvalue weighted by atomic mass is 9.81. The molecular weight excluding hydrogens is 230 g/mol. The van der Waals surface area contributed by atoms with Gasteiger partial charge in [-0.2, -0.15) is 0 Å². The van der Waals surface area contributed by atoms with Crippen molar-refractivity contribution in [1.82, 2.24) is 15.5 Å². The monoisotopic (exact) mass is 251 g/mol. The number of hydrogen-bond donors (Lipinski definition) is 2. The molecule has 2 heterocycles. The van der Waals surface area contributed by atoms with Crippen LogP contribution in [0.2, 0.25) is 0 Å². The minimum absolute atomic E-state index is 0.0633. The van der Waals surface area contributed by atoms with Crippen molar-refractivity contribution in [2.45, 2.75) is 44.2 Å². The fourth-order valence-corrected chi connectivity index (χ4v) is 3.63. The molecule has 2 saturated heterocycles. The van der Waals surface area contributed by atoms with Crippen molar-refractivity contribution in [1.29, 1.82) is 0 Å². The van der Waals surface area contributed by atoms with Crippen molar-refractivity contribution in [3.8, 4) is 0 Å². The fourth-order valence-electron chi connectivity index (χ4n) is 3.63. The third-order valence-electron chi connectivity index (χ3n) is 4.51. The van der Waals surface area contributed by atoms with Gasteiger partial charge in [-0.05, 0) is 18.8 Å². The number of fused-ring (bicyclic) bond motifs is 1. The van der Waals surface area contributed by atoms with E-state index in [0.717, 1.165) is 19.4 Å². The SMILES string of the molecule is O=C1NCC2CNCC(=O)N2C1C1CCCCC1. The van der Waals surface area contributed by atoms with E-state index in [1.807, 2.05) is 4.90 Å². The Morgan fingerprint density at radius 1 is 1.06 bits per heavy atom. The van der Waals surface area contributed by atoms with Crippen LogP contribution in [0.4, 0.5) is 0 Å². The van der Waals surface area contributed by atoms with Gasteiger partial charge in [-0.15, -0.1) is 0 Å². The fraction of sp³-hybridized carbons (Fsp3) is 0.846. The third kappa shape index (κ3) is 2.00. The number of carbonyl (C=O) groups excluding carboxylic acids is 2. The van der Waals surface area contributed by atoms with Crippen LogP contribution in [0.15, 0.2) is 0 Å². The second-order valence-electron chi connectivity index (χ2n) is 5.67. The van der Waals surface area contributed by atoms with Crippen LogP contribution in [0.3, 0.4) is 0 Å². The van der Waals surface area contributed by atoms with E-state index in [4.69, 9.17) is 0 Å². The van der Waals surface area contributed by atoms with Crippen LogP contribution in [0, 0.1) is 5.92 Å². The van der Waals surface area contributed by atoms with Crippen molar-refractivity contribution in [2.24, 2.45) is 5.92 Å². The molecule has 3 rings (SSSR count). The summed E-state index contributed by atoms with van der Waals surface area (Å²) in [4.78, 5) is 26.2. The minimum Gasteiger partial charge on any atom is -0.352 e. The summed E-state index contributed by atoms with van der Waals surface area (Å²) in [5, 5.41) is 6.11. The highest BCUT2D eigenvalue weighted by molar-refractivity contribution is 5.90. The van der Waals surface area contributed by atoms with Crippen LogP contribution in [0.1, 0.15) is 32.1 Å². The van der Waals surface area contributed by atoms with Gasteiger partial charge in [-0.1, -0.05) is 19.3 Å². The molecule has 5 heteroatoms. The molecule has 2 unspecified atom stereocenters. The number of piperazine rings is 2. The highest BCUT2D eigenvalue weighted by Crippen LogP contribution is 2.31. The van der Waals surface area contributed by atoms with Crippen molar-refractivity contribution in [2.75, 3.05) is 19.6 Å². The second-order valence-corrected chi connectivity index (χ2v) is 5.67. The molecule has 5 nitrogen and oxygen atoms in total. The van der Waals surface area contributed by atoms with Gasteiger partial charge in [-0.3, -0.25) is 9.59 Å². The summed E-state index contributed by atoms with van der Waals surface area (Å²) in [6.07, 6.45) is 5.83. The molecule has 3 fully saturated rings. The molecule has 1 aliphatic carbocycles. The Balaban J connectivity index is 1.83. The van der Waals surface area contributed by atoms with Crippen molar-refractivity contribution < 1.29 is 9.59 Å². The number of nitrogens with zero attached hydrogens (tertiary/aromatic N) is 1. The van der Waals surface area contributed by atoms with Crippen molar-refractivity contribution >= 4 is 11.8 Å². The molecular formula is C13H21N3O2. The number of rotatable bonds is 1. The van der Waals surface area contributed by atoms with Crippen molar-refractivity contribution in [3.05, 3.63) is 0 Å². The Morgan fingerprint density at radius 3 is 2.61 bits per heavy atom. The van der Waals surface area contributed by atoms with Crippen LogP contribution in [-0.4, -0.2) is 48.4 Å². The van der Waals surface area contributed by atoms with Crippen molar-refractivity contribution in [3.63, 3.8) is 0 Å². The summed E-state index contributed by atoms with van der Waals surface area (Å²) in [6.45, 7) is 1.78. The van der Waals surface area contributed by atoms with Gasteiger partial charge in [0.25, 0.3) is 0 Å². The lowest BCUT2D eigenvalue weighted by Crippen LogP contribution is -2.70. The summed E-state index contributed by atoms with van der Waals surface area (Å²) >= 11 is 0. The number of carbonyl (C=O) groups is 2. The predicted molar refractivity (Wildman–Crippen MR) is 66.9 cm³/mol. The molecule has 0 aromatic carbocycles. The second kappa shape index (κ2) is 4.88. The Labute approximate surface area is 107 Å². The van der Waals surface area contributed by atoms with Gasteiger partial charge < -0.3 is 15.5 Å². The summed E-state index contributed by atoms with van der Waals surface area (Å²) in [5.41, 5.74) is 0. The molecule has 18 heavy (non-hydrogen) atoms. The maximum absolute atomic E-state index is 12.2. The first kappa shape index (κ1) is 12.0. The van der Waals surface area contributed by atoms with Gasteiger partial charge in [0.2, 0.25) is 11.8 Å². The maximum Gasteiger partial charge on any atom is 0.243 e. The number of amides is 2. The average Bonchev–Trinajstić information content (AvgIpc) is 2.40. The molecule has 0 radical (unpaired) electrons. The zero-order valence-corrected chi connectivity index (χ0v) is 10.7. The normalized spacial score (nSPS) is 34.1. The van der Waals surface area contributed by atoms with Crippen LogP contribution >= 0.6 is 0 Å². The topological polar surface area (TPSA) is 61.4 Å². The van der Waals surface area contributed by atoms with E-state index in [2.05, 4.69) is 10.6 Å².